The molecule has 2 atom stereocenters. The van der Waals surface area contributed by atoms with E-state index in [1.165, 1.54) is 24.8 Å². The van der Waals surface area contributed by atoms with Gasteiger partial charge in [-0.3, -0.25) is 4.79 Å². The first-order valence-corrected chi connectivity index (χ1v) is 4.46. The van der Waals surface area contributed by atoms with Crippen LogP contribution in [-0.4, -0.2) is 5.78 Å². The second kappa shape index (κ2) is 2.47. The van der Waals surface area contributed by atoms with Gasteiger partial charge in [-0.25, -0.2) is 0 Å². The van der Waals surface area contributed by atoms with Crippen molar-refractivity contribution in [1.82, 2.24) is 0 Å². The molecule has 1 fully saturated rings. The number of hydrogen-bond acceptors (Lipinski definition) is 1. The van der Waals surface area contributed by atoms with Gasteiger partial charge in [-0.1, -0.05) is 12.5 Å². The third kappa shape index (κ3) is 1.37. The van der Waals surface area contributed by atoms with Gasteiger partial charge in [0.2, 0.25) is 0 Å². The SMILES string of the molecule is C[C@H]1CC2=CC(=O)C[C@@H](C2)C1. The number of carbonyl (C=O) groups excluding carboxylic acids is 1. The van der Waals surface area contributed by atoms with Crippen molar-refractivity contribution in [3.8, 4) is 0 Å². The van der Waals surface area contributed by atoms with Crippen LogP contribution in [0.4, 0.5) is 0 Å². The zero-order valence-corrected chi connectivity index (χ0v) is 6.97. The second-order valence-corrected chi connectivity index (χ2v) is 4.09. The van der Waals surface area contributed by atoms with Crippen molar-refractivity contribution in [2.45, 2.75) is 32.6 Å². The summed E-state index contributed by atoms with van der Waals surface area (Å²) < 4.78 is 0. The lowest BCUT2D eigenvalue weighted by molar-refractivity contribution is -0.116. The van der Waals surface area contributed by atoms with Crippen LogP contribution in [0.15, 0.2) is 11.6 Å². The highest BCUT2D eigenvalue weighted by Crippen LogP contribution is 2.37. The molecule has 0 radical (unpaired) electrons. The Balaban J connectivity index is 2.21. The van der Waals surface area contributed by atoms with Gasteiger partial charge in [0.15, 0.2) is 5.78 Å². The van der Waals surface area contributed by atoms with Gasteiger partial charge in [0.1, 0.15) is 0 Å². The topological polar surface area (TPSA) is 17.1 Å². The Morgan fingerprint density at radius 1 is 1.36 bits per heavy atom. The van der Waals surface area contributed by atoms with Gasteiger partial charge in [-0.15, -0.1) is 0 Å². The van der Waals surface area contributed by atoms with Crippen molar-refractivity contribution in [2.75, 3.05) is 0 Å². The summed E-state index contributed by atoms with van der Waals surface area (Å²) in [6.45, 7) is 2.29. The molecule has 2 bridgehead atoms. The fourth-order valence-electron chi connectivity index (χ4n) is 2.48. The molecular weight excluding hydrogens is 136 g/mol. The normalized spacial score (nSPS) is 36.8. The van der Waals surface area contributed by atoms with E-state index in [9.17, 15) is 4.79 Å². The molecule has 2 rings (SSSR count). The fraction of sp³-hybridized carbons (Fsp3) is 0.700. The maximum absolute atomic E-state index is 11.1. The van der Waals surface area contributed by atoms with Crippen molar-refractivity contribution < 1.29 is 4.79 Å². The number of carbonyl (C=O) groups is 1. The van der Waals surface area contributed by atoms with Gasteiger partial charge in [-0.05, 0) is 37.2 Å². The van der Waals surface area contributed by atoms with E-state index in [4.69, 9.17) is 0 Å². The van der Waals surface area contributed by atoms with Gasteiger partial charge in [0, 0.05) is 6.42 Å². The van der Waals surface area contributed by atoms with Crippen LogP contribution in [0, 0.1) is 11.8 Å². The maximum Gasteiger partial charge on any atom is 0.155 e. The number of fused-ring (bicyclic) bond motifs is 2. The molecule has 1 saturated carbocycles. The molecule has 0 aromatic carbocycles. The third-order valence-electron chi connectivity index (χ3n) is 2.75. The van der Waals surface area contributed by atoms with Crippen LogP contribution in [0.2, 0.25) is 0 Å². The van der Waals surface area contributed by atoms with E-state index in [2.05, 4.69) is 6.92 Å². The lowest BCUT2D eigenvalue weighted by Crippen LogP contribution is -2.22. The minimum atomic E-state index is 0.364. The van der Waals surface area contributed by atoms with Crippen LogP contribution in [0.25, 0.3) is 0 Å². The molecule has 0 heterocycles. The van der Waals surface area contributed by atoms with E-state index < -0.39 is 0 Å². The molecule has 0 spiro atoms. The summed E-state index contributed by atoms with van der Waals surface area (Å²) in [6.07, 6.45) is 6.33. The number of ketones is 1. The standard InChI is InChI=1S/C10H14O/c1-7-2-8-4-9(3-7)6-10(11)5-8/h5,7,9H,2-4,6H2,1H3/t7-,9+/m0/s1. The summed E-state index contributed by atoms with van der Waals surface area (Å²) in [5.41, 5.74) is 1.41. The smallest absolute Gasteiger partial charge is 0.155 e. The Kier molecular flexibility index (Phi) is 1.59. The first-order chi connectivity index (χ1) is 5.24. The quantitative estimate of drug-likeness (QED) is 0.518. The molecule has 11 heavy (non-hydrogen) atoms. The molecule has 60 valence electrons. The molecule has 0 saturated heterocycles. The van der Waals surface area contributed by atoms with Crippen molar-refractivity contribution in [3.63, 3.8) is 0 Å². The largest absolute Gasteiger partial charge is 0.295 e. The predicted octanol–water partition coefficient (Wildman–Crippen LogP) is 2.32. The van der Waals surface area contributed by atoms with Crippen LogP contribution in [0.5, 0.6) is 0 Å². The highest BCUT2D eigenvalue weighted by atomic mass is 16.1. The van der Waals surface area contributed by atoms with Crippen molar-refractivity contribution in [1.29, 1.82) is 0 Å². The second-order valence-electron chi connectivity index (χ2n) is 4.09. The maximum atomic E-state index is 11.1. The molecule has 1 heteroatoms. The number of rotatable bonds is 0. The van der Waals surface area contributed by atoms with E-state index in [-0.39, 0.29) is 0 Å². The highest BCUT2D eigenvalue weighted by Gasteiger charge is 2.27. The summed E-state index contributed by atoms with van der Waals surface area (Å²) in [5.74, 6) is 1.86. The molecule has 2 aliphatic rings. The van der Waals surface area contributed by atoms with Gasteiger partial charge < -0.3 is 0 Å². The number of allylic oxidation sites excluding steroid dienone is 2. The zero-order valence-electron chi connectivity index (χ0n) is 6.97. The van der Waals surface area contributed by atoms with Crippen LogP contribution in [0.1, 0.15) is 32.6 Å². The minimum Gasteiger partial charge on any atom is -0.295 e. The Morgan fingerprint density at radius 2 is 2.18 bits per heavy atom. The Labute approximate surface area is 67.5 Å². The average molecular weight is 150 g/mol. The molecule has 0 N–H and O–H groups in total. The fourth-order valence-corrected chi connectivity index (χ4v) is 2.48. The van der Waals surface area contributed by atoms with E-state index in [0.29, 0.717) is 11.7 Å². The molecule has 0 aliphatic heterocycles. The van der Waals surface area contributed by atoms with Gasteiger partial charge >= 0.3 is 0 Å². The molecule has 0 aromatic rings. The zero-order chi connectivity index (χ0) is 7.84. The Morgan fingerprint density at radius 3 is 2.91 bits per heavy atom. The first kappa shape index (κ1) is 7.08. The van der Waals surface area contributed by atoms with E-state index >= 15 is 0 Å². The molecule has 0 aromatic heterocycles. The van der Waals surface area contributed by atoms with Gasteiger partial charge in [0.05, 0.1) is 0 Å². The van der Waals surface area contributed by atoms with Gasteiger partial charge in [0.25, 0.3) is 0 Å². The average Bonchev–Trinajstić information content (AvgIpc) is 1.82. The summed E-state index contributed by atoms with van der Waals surface area (Å²) in [6, 6.07) is 0. The lowest BCUT2D eigenvalue weighted by atomic mass is 9.74. The molecule has 2 aliphatic carbocycles. The van der Waals surface area contributed by atoms with E-state index in [1.54, 1.807) is 0 Å². The predicted molar refractivity (Wildman–Crippen MR) is 44.2 cm³/mol. The lowest BCUT2D eigenvalue weighted by Gasteiger charge is -2.31. The monoisotopic (exact) mass is 150 g/mol. The van der Waals surface area contributed by atoms with Crippen LogP contribution >= 0.6 is 0 Å². The summed E-state index contributed by atoms with van der Waals surface area (Å²) in [5, 5.41) is 0. The third-order valence-corrected chi connectivity index (χ3v) is 2.75. The molecular formula is C10H14O. The molecule has 0 amide bonds. The number of hydrogen-bond donors (Lipinski definition) is 0. The van der Waals surface area contributed by atoms with Crippen LogP contribution in [0.3, 0.4) is 0 Å². The van der Waals surface area contributed by atoms with Crippen molar-refractivity contribution >= 4 is 5.78 Å². The van der Waals surface area contributed by atoms with Crippen LogP contribution in [-0.2, 0) is 4.79 Å². The molecule has 1 nitrogen and oxygen atoms in total. The highest BCUT2D eigenvalue weighted by molar-refractivity contribution is 5.91. The molecule has 0 unspecified atom stereocenters. The van der Waals surface area contributed by atoms with E-state index in [0.717, 1.165) is 12.3 Å². The summed E-state index contributed by atoms with van der Waals surface area (Å²) >= 11 is 0. The Bertz CT molecular complexity index is 215. The van der Waals surface area contributed by atoms with Gasteiger partial charge in [-0.2, -0.15) is 0 Å². The first-order valence-electron chi connectivity index (χ1n) is 4.46. The van der Waals surface area contributed by atoms with Crippen molar-refractivity contribution in [2.24, 2.45) is 11.8 Å². The Hall–Kier alpha value is -0.590. The van der Waals surface area contributed by atoms with Crippen LogP contribution < -0.4 is 0 Å². The summed E-state index contributed by atoms with van der Waals surface area (Å²) in [4.78, 5) is 11.1. The van der Waals surface area contributed by atoms with E-state index in [1.807, 2.05) is 6.08 Å². The minimum absolute atomic E-state index is 0.364. The summed E-state index contributed by atoms with van der Waals surface area (Å²) in [7, 11) is 0. The van der Waals surface area contributed by atoms with Crippen molar-refractivity contribution in [3.05, 3.63) is 11.6 Å².